The van der Waals surface area contributed by atoms with Crippen LogP contribution in [0.2, 0.25) is 0 Å². The highest BCUT2D eigenvalue weighted by Gasteiger charge is 2.27. The Labute approximate surface area is 245 Å². The van der Waals surface area contributed by atoms with E-state index in [1.54, 1.807) is 0 Å². The molecule has 0 spiro atoms. The summed E-state index contributed by atoms with van der Waals surface area (Å²) in [7, 11) is 0. The highest BCUT2D eigenvalue weighted by atomic mass is 19.1. The number of primary amides is 1. The number of hydrogen-bond acceptors (Lipinski definition) is 8. The maximum absolute atomic E-state index is 14.3. The van der Waals surface area contributed by atoms with Gasteiger partial charge in [0.05, 0.1) is 19.6 Å². The van der Waals surface area contributed by atoms with Gasteiger partial charge in [0.25, 0.3) is 0 Å². The molecule has 43 heavy (non-hydrogen) atoms. The topological polar surface area (TPSA) is 247 Å². The predicted molar refractivity (Wildman–Crippen MR) is 147 cm³/mol. The Morgan fingerprint density at radius 1 is 0.907 bits per heavy atom. The smallest absolute Gasteiger partial charge is 0.243 e. The molecule has 1 saturated heterocycles. The van der Waals surface area contributed by atoms with Crippen molar-refractivity contribution >= 4 is 47.3 Å². The van der Waals surface area contributed by atoms with Crippen molar-refractivity contribution in [2.24, 2.45) is 5.73 Å². The van der Waals surface area contributed by atoms with Gasteiger partial charge in [0, 0.05) is 26.3 Å². The second-order valence-electron chi connectivity index (χ2n) is 9.58. The Hall–Kier alpha value is -5.09. The zero-order valence-corrected chi connectivity index (χ0v) is 23.4. The Morgan fingerprint density at radius 3 is 2.21 bits per heavy atom. The molecule has 8 amide bonds. The third kappa shape index (κ3) is 12.5. The first-order valence-electron chi connectivity index (χ1n) is 13.3. The second kappa shape index (κ2) is 17.0. The molecule has 0 radical (unpaired) electrons. The maximum atomic E-state index is 14.3. The summed E-state index contributed by atoms with van der Waals surface area (Å²) >= 11 is 0. The van der Waals surface area contributed by atoms with Gasteiger partial charge in [0.2, 0.25) is 47.3 Å². The molecule has 1 aromatic carbocycles. The molecule has 17 heteroatoms. The lowest BCUT2D eigenvalue weighted by atomic mass is 10.0. The largest absolute Gasteiger partial charge is 0.368 e. The highest BCUT2D eigenvalue weighted by molar-refractivity contribution is 5.95. The Bertz CT molecular complexity index is 1240. The van der Waals surface area contributed by atoms with E-state index in [2.05, 4.69) is 37.2 Å². The molecule has 234 valence electrons. The summed E-state index contributed by atoms with van der Waals surface area (Å²) in [4.78, 5) is 98.4. The fraction of sp³-hybridized carbons (Fsp3) is 0.462. The molecule has 9 N–H and O–H groups in total. The summed E-state index contributed by atoms with van der Waals surface area (Å²) in [6.45, 7) is -0.623. The summed E-state index contributed by atoms with van der Waals surface area (Å²) in [5.74, 6) is -6.67. The molecular weight excluding hydrogens is 571 g/mol. The van der Waals surface area contributed by atoms with Crippen molar-refractivity contribution in [2.45, 2.75) is 50.7 Å². The third-order valence-electron chi connectivity index (χ3n) is 6.12. The zero-order valence-electron chi connectivity index (χ0n) is 23.4. The van der Waals surface area contributed by atoms with Crippen molar-refractivity contribution in [1.29, 1.82) is 0 Å². The van der Waals surface area contributed by atoms with Crippen LogP contribution in [0.3, 0.4) is 0 Å². The molecule has 0 saturated carbocycles. The Morgan fingerprint density at radius 2 is 1.56 bits per heavy atom. The van der Waals surface area contributed by atoms with Crippen LogP contribution in [0.5, 0.6) is 0 Å². The van der Waals surface area contributed by atoms with Gasteiger partial charge < -0.3 is 43.0 Å². The van der Waals surface area contributed by atoms with Gasteiger partial charge in [-0.2, -0.15) is 0 Å². The van der Waals surface area contributed by atoms with Gasteiger partial charge >= 0.3 is 0 Å². The highest BCUT2D eigenvalue weighted by Crippen LogP contribution is 2.09. The normalized spacial score (nSPS) is 21.3. The minimum absolute atomic E-state index is 0.0859. The van der Waals surface area contributed by atoms with Gasteiger partial charge in [-0.1, -0.05) is 18.2 Å². The molecule has 0 bridgehead atoms. The maximum Gasteiger partial charge on any atom is 0.243 e. The SMILES string of the molecule is CC(=O)NCC(=O)N[C@H]1CCC(=O)NCC[C@@H](C(N)=O)NC(=O)CNC(=O)[C@@H](Cc2ccccc2F)NC(=O)CNC1=O. The molecule has 1 heterocycles. The van der Waals surface area contributed by atoms with Crippen molar-refractivity contribution in [2.75, 3.05) is 26.2 Å². The average molecular weight is 607 g/mol. The van der Waals surface area contributed by atoms with E-state index < -0.39 is 90.8 Å². The van der Waals surface area contributed by atoms with E-state index in [1.165, 1.54) is 25.1 Å². The standard InChI is InChI=1S/C26H35FN8O8/c1-14(36)30-11-21(38)34-18-6-7-20(37)29-9-8-17(24(28)41)33-22(39)12-32-26(43)19(35-23(40)13-31-25(18)42)10-15-4-2-3-5-16(15)27/h2-5,17-19H,6-13H2,1H3,(H2,28,41)(H,29,37)(H,30,36)(H,31,42)(H,32,43)(H,33,39)(H,34,38)(H,35,40)/t17-,18-,19+/m0/s1. The van der Waals surface area contributed by atoms with Crippen LogP contribution in [0.1, 0.15) is 31.7 Å². The number of amides is 8. The zero-order chi connectivity index (χ0) is 31.9. The Balaban J connectivity index is 2.26. The van der Waals surface area contributed by atoms with E-state index >= 15 is 0 Å². The van der Waals surface area contributed by atoms with E-state index in [0.717, 1.165) is 6.07 Å². The summed E-state index contributed by atoms with van der Waals surface area (Å²) in [5, 5.41) is 16.5. The van der Waals surface area contributed by atoms with Crippen LogP contribution in [0, 0.1) is 5.82 Å². The first kappa shape index (κ1) is 34.1. The van der Waals surface area contributed by atoms with E-state index in [9.17, 15) is 42.7 Å². The Kier molecular flexibility index (Phi) is 13.5. The molecule has 2 rings (SSSR count). The van der Waals surface area contributed by atoms with Crippen LogP contribution in [0.25, 0.3) is 0 Å². The van der Waals surface area contributed by atoms with Crippen LogP contribution < -0.4 is 43.0 Å². The molecule has 3 atom stereocenters. The minimum atomic E-state index is -1.38. The summed E-state index contributed by atoms with van der Waals surface area (Å²) in [5.41, 5.74) is 5.43. The molecule has 1 aliphatic heterocycles. The van der Waals surface area contributed by atoms with Crippen LogP contribution >= 0.6 is 0 Å². The fourth-order valence-corrected chi connectivity index (χ4v) is 3.89. The summed E-state index contributed by atoms with van der Waals surface area (Å²) in [6, 6.07) is 1.66. The second-order valence-corrected chi connectivity index (χ2v) is 9.58. The van der Waals surface area contributed by atoms with E-state index in [0.29, 0.717) is 0 Å². The number of halogens is 1. The van der Waals surface area contributed by atoms with Gasteiger partial charge in [-0.05, 0) is 24.5 Å². The quantitative estimate of drug-likeness (QED) is 0.158. The predicted octanol–water partition coefficient (Wildman–Crippen LogP) is -4.02. The minimum Gasteiger partial charge on any atom is -0.368 e. The molecule has 0 unspecified atom stereocenters. The van der Waals surface area contributed by atoms with E-state index in [1.807, 2.05) is 0 Å². The monoisotopic (exact) mass is 606 g/mol. The number of benzene rings is 1. The summed E-state index contributed by atoms with van der Waals surface area (Å²) < 4.78 is 14.3. The van der Waals surface area contributed by atoms with Crippen LogP contribution in [0.15, 0.2) is 24.3 Å². The van der Waals surface area contributed by atoms with Gasteiger partial charge in [0.1, 0.15) is 23.9 Å². The van der Waals surface area contributed by atoms with Crippen molar-refractivity contribution < 1.29 is 42.7 Å². The lowest BCUT2D eigenvalue weighted by Gasteiger charge is -2.21. The fourth-order valence-electron chi connectivity index (χ4n) is 3.89. The molecular formula is C26H35FN8O8. The number of carbonyl (C=O) groups excluding carboxylic acids is 8. The van der Waals surface area contributed by atoms with Crippen LogP contribution in [-0.4, -0.2) is 91.6 Å². The van der Waals surface area contributed by atoms with Crippen LogP contribution in [-0.2, 0) is 44.8 Å². The average Bonchev–Trinajstić information content (AvgIpc) is 2.95. The van der Waals surface area contributed by atoms with Crippen molar-refractivity contribution in [3.05, 3.63) is 35.6 Å². The van der Waals surface area contributed by atoms with Gasteiger partial charge in [-0.25, -0.2) is 4.39 Å². The van der Waals surface area contributed by atoms with E-state index in [4.69, 9.17) is 5.73 Å². The third-order valence-corrected chi connectivity index (χ3v) is 6.12. The van der Waals surface area contributed by atoms with Gasteiger partial charge in [-0.15, -0.1) is 0 Å². The molecule has 1 aromatic rings. The molecule has 1 fully saturated rings. The first-order chi connectivity index (χ1) is 20.3. The van der Waals surface area contributed by atoms with Gasteiger partial charge in [0.15, 0.2) is 0 Å². The lowest BCUT2D eigenvalue weighted by molar-refractivity contribution is -0.132. The molecule has 16 nitrogen and oxygen atoms in total. The number of carbonyl (C=O) groups is 8. The molecule has 0 aliphatic carbocycles. The van der Waals surface area contributed by atoms with Crippen molar-refractivity contribution in [3.63, 3.8) is 0 Å². The number of hydrogen-bond donors (Lipinski definition) is 8. The lowest BCUT2D eigenvalue weighted by Crippen LogP contribution is -2.54. The number of nitrogens with one attached hydrogen (secondary N) is 7. The number of rotatable bonds is 6. The summed E-state index contributed by atoms with van der Waals surface area (Å²) in [6.07, 6.45) is -0.871. The van der Waals surface area contributed by atoms with E-state index in [-0.39, 0.29) is 37.8 Å². The van der Waals surface area contributed by atoms with Crippen molar-refractivity contribution in [3.8, 4) is 0 Å². The van der Waals surface area contributed by atoms with Crippen LogP contribution in [0.4, 0.5) is 4.39 Å². The van der Waals surface area contributed by atoms with Gasteiger partial charge in [-0.3, -0.25) is 38.4 Å². The van der Waals surface area contributed by atoms with Crippen molar-refractivity contribution in [1.82, 2.24) is 37.2 Å². The molecule has 1 aliphatic rings. The number of nitrogens with two attached hydrogens (primary N) is 1. The first-order valence-corrected chi connectivity index (χ1v) is 13.3. The molecule has 0 aromatic heterocycles.